The minimum absolute atomic E-state index is 0. The summed E-state index contributed by atoms with van der Waals surface area (Å²) in [6, 6.07) is 9.98. The van der Waals surface area contributed by atoms with Crippen molar-refractivity contribution < 1.29 is 8.42 Å². The second kappa shape index (κ2) is 10.9. The predicted molar refractivity (Wildman–Crippen MR) is 109 cm³/mol. The summed E-state index contributed by atoms with van der Waals surface area (Å²) in [7, 11) is -1.55. The van der Waals surface area contributed by atoms with E-state index in [0.717, 1.165) is 18.4 Å². The Balaban J connectivity index is 0.00000288. The maximum Gasteiger partial charge on any atom is 0.213 e. The molecule has 1 fully saturated rings. The van der Waals surface area contributed by atoms with E-state index in [9.17, 15) is 8.42 Å². The van der Waals surface area contributed by atoms with Gasteiger partial charge in [-0.15, -0.1) is 24.0 Å². The lowest BCUT2D eigenvalue weighted by molar-refractivity contribution is 0.316. The molecule has 1 aromatic rings. The molecule has 0 bridgehead atoms. The van der Waals surface area contributed by atoms with Crippen molar-refractivity contribution in [2.45, 2.75) is 25.8 Å². The molecule has 24 heavy (non-hydrogen) atoms. The number of guanidine groups is 1. The lowest BCUT2D eigenvalue weighted by Gasteiger charge is -2.25. The fourth-order valence-corrected chi connectivity index (χ4v) is 3.32. The summed E-state index contributed by atoms with van der Waals surface area (Å²) < 4.78 is 26.5. The summed E-state index contributed by atoms with van der Waals surface area (Å²) in [5, 5.41) is 6.20. The first-order chi connectivity index (χ1) is 11.1. The van der Waals surface area contributed by atoms with Gasteiger partial charge >= 0.3 is 0 Å². The van der Waals surface area contributed by atoms with Gasteiger partial charge in [0.25, 0.3) is 0 Å². The number of halogens is 1. The monoisotopic (exact) mass is 466 g/mol. The number of sulfonamides is 1. The summed E-state index contributed by atoms with van der Waals surface area (Å²) in [5.74, 6) is 1.17. The second-order valence-corrected chi connectivity index (χ2v) is 7.73. The van der Waals surface area contributed by atoms with Gasteiger partial charge in [-0.3, -0.25) is 4.99 Å². The maximum atomic E-state index is 11.9. The van der Waals surface area contributed by atoms with Gasteiger partial charge < -0.3 is 10.6 Å². The zero-order chi connectivity index (χ0) is 16.5. The van der Waals surface area contributed by atoms with Crippen molar-refractivity contribution in [3.8, 4) is 0 Å². The first-order valence-electron chi connectivity index (χ1n) is 8.05. The highest BCUT2D eigenvalue weighted by Crippen LogP contribution is 2.25. The molecule has 0 heterocycles. The summed E-state index contributed by atoms with van der Waals surface area (Å²) in [4.78, 5) is 4.10. The summed E-state index contributed by atoms with van der Waals surface area (Å²) in [6.07, 6.45) is 3.49. The van der Waals surface area contributed by atoms with E-state index in [1.54, 1.807) is 7.05 Å². The molecule has 3 N–H and O–H groups in total. The van der Waals surface area contributed by atoms with E-state index in [4.69, 9.17) is 0 Å². The number of aliphatic imine (C=N–C) groups is 1. The third-order valence-electron chi connectivity index (χ3n) is 4.01. The molecule has 2 rings (SSSR count). The first kappa shape index (κ1) is 21.2. The lowest BCUT2D eigenvalue weighted by Crippen LogP contribution is -2.41. The van der Waals surface area contributed by atoms with Gasteiger partial charge in [0.2, 0.25) is 10.0 Å². The van der Waals surface area contributed by atoms with Crippen LogP contribution in [0.3, 0.4) is 0 Å². The Bertz CT molecular complexity index is 604. The fourth-order valence-electron chi connectivity index (χ4n) is 2.32. The van der Waals surface area contributed by atoms with Crippen LogP contribution in [0.2, 0.25) is 0 Å². The van der Waals surface area contributed by atoms with E-state index in [1.807, 2.05) is 30.3 Å². The number of hydrogen-bond acceptors (Lipinski definition) is 3. The largest absolute Gasteiger partial charge is 0.355 e. The summed E-state index contributed by atoms with van der Waals surface area (Å²) >= 11 is 0. The average molecular weight is 466 g/mol. The first-order valence-corrected chi connectivity index (χ1v) is 9.70. The van der Waals surface area contributed by atoms with Gasteiger partial charge in [-0.1, -0.05) is 36.8 Å². The quantitative estimate of drug-likeness (QED) is 0.310. The van der Waals surface area contributed by atoms with Crippen molar-refractivity contribution >= 4 is 40.0 Å². The molecule has 0 atom stereocenters. The van der Waals surface area contributed by atoms with E-state index >= 15 is 0 Å². The van der Waals surface area contributed by atoms with Gasteiger partial charge in [-0.2, -0.15) is 0 Å². The van der Waals surface area contributed by atoms with Crippen LogP contribution in [0.4, 0.5) is 0 Å². The van der Waals surface area contributed by atoms with Crippen LogP contribution in [0.25, 0.3) is 0 Å². The molecule has 0 amide bonds. The molecule has 1 aliphatic carbocycles. The van der Waals surface area contributed by atoms with Crippen molar-refractivity contribution in [1.29, 1.82) is 0 Å². The smallest absolute Gasteiger partial charge is 0.213 e. The standard InChI is InChI=1S/C16H26N4O2S.HI/c1-17-16(19-12-14-6-3-2-4-7-14)18-10-11-23(21,22)20-13-15-8-5-9-15;/h2-4,6-7,15,20H,5,8-13H2,1H3,(H2,17,18,19);1H. The van der Waals surface area contributed by atoms with Crippen LogP contribution in [0.1, 0.15) is 24.8 Å². The summed E-state index contributed by atoms with van der Waals surface area (Å²) in [5.41, 5.74) is 1.14. The highest BCUT2D eigenvalue weighted by Gasteiger charge is 2.19. The van der Waals surface area contributed by atoms with Crippen molar-refractivity contribution in [3.05, 3.63) is 35.9 Å². The van der Waals surface area contributed by atoms with E-state index < -0.39 is 10.0 Å². The number of nitrogens with zero attached hydrogens (tertiary/aromatic N) is 1. The fraction of sp³-hybridized carbons (Fsp3) is 0.562. The van der Waals surface area contributed by atoms with Crippen LogP contribution in [0, 0.1) is 5.92 Å². The minimum Gasteiger partial charge on any atom is -0.355 e. The third-order valence-corrected chi connectivity index (χ3v) is 5.35. The van der Waals surface area contributed by atoms with Crippen molar-refractivity contribution in [2.75, 3.05) is 25.9 Å². The molecular weight excluding hydrogens is 439 g/mol. The van der Waals surface area contributed by atoms with Crippen LogP contribution in [-0.4, -0.2) is 40.3 Å². The zero-order valence-electron chi connectivity index (χ0n) is 14.0. The van der Waals surface area contributed by atoms with Gasteiger partial charge in [-0.05, 0) is 24.3 Å². The van der Waals surface area contributed by atoms with Gasteiger partial charge in [-0.25, -0.2) is 13.1 Å². The zero-order valence-corrected chi connectivity index (χ0v) is 17.1. The van der Waals surface area contributed by atoms with Crippen molar-refractivity contribution in [2.24, 2.45) is 10.9 Å². The number of rotatable bonds is 8. The number of benzene rings is 1. The molecule has 0 aromatic heterocycles. The van der Waals surface area contributed by atoms with E-state index in [0.29, 0.717) is 31.5 Å². The Hall–Kier alpha value is -0.870. The Morgan fingerprint density at radius 2 is 1.92 bits per heavy atom. The summed E-state index contributed by atoms with van der Waals surface area (Å²) in [6.45, 7) is 1.55. The number of hydrogen-bond donors (Lipinski definition) is 3. The molecule has 6 nitrogen and oxygen atoms in total. The molecule has 0 spiro atoms. The van der Waals surface area contributed by atoms with E-state index in [-0.39, 0.29) is 29.7 Å². The molecule has 1 aromatic carbocycles. The molecular formula is C16H27IN4O2S. The van der Waals surface area contributed by atoms with Crippen LogP contribution < -0.4 is 15.4 Å². The molecule has 0 radical (unpaired) electrons. The Kier molecular flexibility index (Phi) is 9.60. The lowest BCUT2D eigenvalue weighted by atomic mass is 9.86. The SMILES string of the molecule is CN=C(NCCS(=O)(=O)NCC1CCC1)NCc1ccccc1.I. The van der Waals surface area contributed by atoms with Gasteiger partial charge in [0.05, 0.1) is 5.75 Å². The van der Waals surface area contributed by atoms with Crippen LogP contribution in [0.5, 0.6) is 0 Å². The molecule has 8 heteroatoms. The second-order valence-electron chi connectivity index (χ2n) is 5.80. The molecule has 136 valence electrons. The Morgan fingerprint density at radius 1 is 1.21 bits per heavy atom. The van der Waals surface area contributed by atoms with E-state index in [1.165, 1.54) is 6.42 Å². The Morgan fingerprint density at radius 3 is 2.50 bits per heavy atom. The maximum absolute atomic E-state index is 11.9. The van der Waals surface area contributed by atoms with Gasteiger partial charge in [0.1, 0.15) is 0 Å². The van der Waals surface area contributed by atoms with Crippen molar-refractivity contribution in [3.63, 3.8) is 0 Å². The molecule has 1 saturated carbocycles. The molecule has 0 aliphatic heterocycles. The minimum atomic E-state index is -3.22. The highest BCUT2D eigenvalue weighted by molar-refractivity contribution is 14.0. The van der Waals surface area contributed by atoms with Gasteiger partial charge in [0.15, 0.2) is 5.96 Å². The van der Waals surface area contributed by atoms with Gasteiger partial charge in [0, 0.05) is 26.7 Å². The normalized spacial score (nSPS) is 15.3. The van der Waals surface area contributed by atoms with E-state index in [2.05, 4.69) is 20.3 Å². The number of nitrogens with one attached hydrogen (secondary N) is 3. The van der Waals surface area contributed by atoms with Crippen LogP contribution in [-0.2, 0) is 16.6 Å². The molecule has 0 unspecified atom stereocenters. The van der Waals surface area contributed by atoms with Crippen LogP contribution in [0.15, 0.2) is 35.3 Å². The third kappa shape index (κ3) is 7.80. The molecule has 1 aliphatic rings. The highest BCUT2D eigenvalue weighted by atomic mass is 127. The predicted octanol–water partition coefficient (Wildman–Crippen LogP) is 1.69. The topological polar surface area (TPSA) is 82.6 Å². The van der Waals surface area contributed by atoms with Crippen LogP contribution >= 0.6 is 24.0 Å². The average Bonchev–Trinajstić information content (AvgIpc) is 2.50. The van der Waals surface area contributed by atoms with Crippen molar-refractivity contribution in [1.82, 2.24) is 15.4 Å². The Labute approximate surface area is 162 Å². The molecule has 0 saturated heterocycles.